The fourth-order valence-corrected chi connectivity index (χ4v) is 0.265. The summed E-state index contributed by atoms with van der Waals surface area (Å²) in [6.45, 7) is -10.3. The first-order valence-corrected chi connectivity index (χ1v) is 2.35. The molecule has 0 atom stereocenters. The topological polar surface area (TPSA) is 11.9 Å². The summed E-state index contributed by atoms with van der Waals surface area (Å²) in [7, 11) is 2.22. The number of hydrogen-bond donors (Lipinski definition) is 0. The first-order chi connectivity index (χ1) is 7.73. The summed E-state index contributed by atoms with van der Waals surface area (Å²) in [6, 6.07) is 0. The molecule has 2 heteroatoms. The Bertz CT molecular complexity index is 240. The summed E-state index contributed by atoms with van der Waals surface area (Å²) >= 11 is 0. The zero-order valence-electron chi connectivity index (χ0n) is 14.5. The second kappa shape index (κ2) is 3.18. The molecule has 0 aliphatic carbocycles. The summed E-state index contributed by atoms with van der Waals surface area (Å²) in [5, 5.41) is 0. The van der Waals surface area contributed by atoms with Crippen molar-refractivity contribution in [2.24, 2.45) is 0 Å². The minimum atomic E-state index is -3.26. The van der Waals surface area contributed by atoms with E-state index in [1.54, 1.807) is 4.37 Å². The molecule has 56 valence electrons. The third kappa shape index (κ3) is 3.49. The van der Waals surface area contributed by atoms with Crippen molar-refractivity contribution < 1.29 is 21.4 Å². The van der Waals surface area contributed by atoms with Crippen molar-refractivity contribution in [2.45, 2.75) is 26.2 Å². The van der Waals surface area contributed by atoms with Crippen LogP contribution in [0.5, 0.6) is 0 Å². The maximum Gasteiger partial charge on any atom is 0.255 e. The number of ether oxygens (including phenoxy) is 1. The Morgan fingerprint density at radius 1 is 1.56 bits per heavy atom. The monoisotopic (exact) mass is 142 g/mol. The SMILES string of the molecule is [2H]C([2H])([2H])C([O+](C)COC)(C([2H])([2H])[2H])C([2H])([2H])[2H]. The Morgan fingerprint density at radius 2 is 2.11 bits per heavy atom. The fraction of sp³-hybridized carbons (Fsp3) is 1.00. The van der Waals surface area contributed by atoms with Gasteiger partial charge < -0.3 is 9.10 Å². The second-order valence-electron chi connectivity index (χ2n) is 1.72. The average Bonchev–Trinajstić information content (AvgIpc) is 1.94. The molecule has 0 aromatic heterocycles. The normalized spacial score (nSPS) is 31.7. The van der Waals surface area contributed by atoms with Gasteiger partial charge in [0.2, 0.25) is 0 Å². The largest absolute Gasteiger partial charge is 0.399 e. The molecule has 0 saturated heterocycles. The Labute approximate surface area is 70.1 Å². The van der Waals surface area contributed by atoms with Crippen LogP contribution in [0.25, 0.3) is 0 Å². The van der Waals surface area contributed by atoms with Crippen LogP contribution in [0.3, 0.4) is 0 Å². The fourth-order valence-electron chi connectivity index (χ4n) is 0.265. The molecular formula is C7H17O2+. The van der Waals surface area contributed by atoms with Gasteiger partial charge in [-0.25, -0.2) is 0 Å². The molecule has 0 aliphatic heterocycles. The molecule has 0 radical (unpaired) electrons. The van der Waals surface area contributed by atoms with Crippen LogP contribution in [0.15, 0.2) is 0 Å². The smallest absolute Gasteiger partial charge is 0.255 e. The van der Waals surface area contributed by atoms with Crippen molar-refractivity contribution in [1.29, 1.82) is 0 Å². The Kier molecular flexibility index (Phi) is 0.691. The molecule has 2 nitrogen and oxygen atoms in total. The van der Waals surface area contributed by atoms with Gasteiger partial charge in [0.05, 0.1) is 0 Å². The Hall–Kier alpha value is -0.0800. The number of rotatable bonds is 2. The molecule has 0 heterocycles. The summed E-state index contributed by atoms with van der Waals surface area (Å²) in [4.78, 5) is 0. The molecule has 0 fully saturated rings. The van der Waals surface area contributed by atoms with E-state index in [0.717, 1.165) is 7.11 Å². The molecule has 0 aromatic carbocycles. The lowest BCUT2D eigenvalue weighted by atomic mass is 10.2. The Morgan fingerprint density at radius 3 is 2.44 bits per heavy atom. The molecule has 0 spiro atoms. The van der Waals surface area contributed by atoms with Crippen molar-refractivity contribution in [3.63, 3.8) is 0 Å². The third-order valence-corrected chi connectivity index (χ3v) is 0.817. The molecule has 0 bridgehead atoms. The molecule has 0 aromatic rings. The van der Waals surface area contributed by atoms with Gasteiger partial charge in [-0.3, -0.25) is 0 Å². The quantitative estimate of drug-likeness (QED) is 0.421. The van der Waals surface area contributed by atoms with E-state index in [4.69, 9.17) is 12.3 Å². The van der Waals surface area contributed by atoms with E-state index in [9.17, 15) is 0 Å². The van der Waals surface area contributed by atoms with Gasteiger partial charge in [0.1, 0.15) is 7.11 Å². The van der Waals surface area contributed by atoms with E-state index in [1.807, 2.05) is 0 Å². The predicted molar refractivity (Wildman–Crippen MR) is 38.6 cm³/mol. The second-order valence-corrected chi connectivity index (χ2v) is 1.72. The number of hydrogen-bond acceptors (Lipinski definition) is 1. The summed E-state index contributed by atoms with van der Waals surface area (Å²) in [5.41, 5.74) is -3.05. The van der Waals surface area contributed by atoms with Crippen LogP contribution in [0.2, 0.25) is 0 Å². The zero-order chi connectivity index (χ0) is 15.0. The highest BCUT2D eigenvalue weighted by Crippen LogP contribution is 2.14. The molecule has 0 saturated carbocycles. The third-order valence-electron chi connectivity index (χ3n) is 0.817. The van der Waals surface area contributed by atoms with Gasteiger partial charge in [0, 0.05) is 40.0 Å². The van der Waals surface area contributed by atoms with E-state index >= 15 is 0 Å². The van der Waals surface area contributed by atoms with Gasteiger partial charge in [-0.1, -0.05) is 0 Å². The molecular weight excluding hydrogens is 116 g/mol. The average molecular weight is 142 g/mol. The van der Waals surface area contributed by atoms with Gasteiger partial charge in [0.15, 0.2) is 5.60 Å². The van der Waals surface area contributed by atoms with Crippen molar-refractivity contribution in [1.82, 2.24) is 0 Å². The van der Waals surface area contributed by atoms with Gasteiger partial charge in [-0.15, -0.1) is 0 Å². The van der Waals surface area contributed by atoms with Gasteiger partial charge in [-0.05, 0) is 0 Å². The maximum absolute atomic E-state index is 7.35. The van der Waals surface area contributed by atoms with Crippen LogP contribution in [-0.2, 0) is 9.10 Å². The highest BCUT2D eigenvalue weighted by atomic mass is 16.8. The van der Waals surface area contributed by atoms with Crippen LogP contribution in [0.4, 0.5) is 0 Å². The first-order valence-electron chi connectivity index (χ1n) is 6.85. The van der Waals surface area contributed by atoms with Crippen LogP contribution >= 0.6 is 0 Å². The summed E-state index contributed by atoms with van der Waals surface area (Å²) < 4.78 is 72.5. The van der Waals surface area contributed by atoms with E-state index in [0.29, 0.717) is 0 Å². The van der Waals surface area contributed by atoms with Gasteiger partial charge in [0.25, 0.3) is 6.79 Å². The van der Waals surface area contributed by atoms with Gasteiger partial charge >= 0.3 is 0 Å². The van der Waals surface area contributed by atoms with Crippen molar-refractivity contribution in [3.05, 3.63) is 0 Å². The van der Waals surface area contributed by atoms with Crippen LogP contribution in [-0.4, -0.2) is 26.6 Å². The maximum atomic E-state index is 7.35. The lowest BCUT2D eigenvalue weighted by molar-refractivity contribution is -0.262. The highest BCUT2D eigenvalue weighted by molar-refractivity contribution is 4.60. The summed E-state index contributed by atoms with van der Waals surface area (Å²) in [5.74, 6) is 0. The first kappa shape index (κ1) is 1.95. The molecule has 0 amide bonds. The minimum Gasteiger partial charge on any atom is -0.399 e. The van der Waals surface area contributed by atoms with E-state index in [1.165, 1.54) is 7.11 Å². The van der Waals surface area contributed by atoms with Crippen molar-refractivity contribution in [2.75, 3.05) is 21.0 Å². The summed E-state index contributed by atoms with van der Waals surface area (Å²) in [6.07, 6.45) is 0. The van der Waals surface area contributed by atoms with Crippen molar-refractivity contribution >= 4 is 0 Å². The standard InChI is InChI=1S/C7H17O2/c1-7(2,3)9(5)6-8-4/h6H2,1-5H3/q+1/i1D3,2D3,3D3. The highest BCUT2D eigenvalue weighted by Gasteiger charge is 2.22. The van der Waals surface area contributed by atoms with E-state index < -0.39 is 32.9 Å². The predicted octanol–water partition coefficient (Wildman–Crippen LogP) is 1.57. The molecule has 0 aliphatic rings. The van der Waals surface area contributed by atoms with Crippen molar-refractivity contribution in [3.8, 4) is 0 Å². The minimum absolute atomic E-state index is 0.505. The molecule has 0 unspecified atom stereocenters. The van der Waals surface area contributed by atoms with E-state index in [2.05, 4.69) is 4.74 Å². The zero-order valence-corrected chi connectivity index (χ0v) is 5.52. The van der Waals surface area contributed by atoms with Crippen LogP contribution in [0, 0.1) is 0 Å². The number of methoxy groups -OCH3 is 1. The lowest BCUT2D eigenvalue weighted by Gasteiger charge is -2.26. The molecule has 0 rings (SSSR count). The molecule has 9 heavy (non-hydrogen) atoms. The van der Waals surface area contributed by atoms with E-state index in [-0.39, 0.29) is 0 Å². The van der Waals surface area contributed by atoms with Crippen LogP contribution in [0.1, 0.15) is 32.9 Å². The van der Waals surface area contributed by atoms with Crippen LogP contribution < -0.4 is 0 Å². The van der Waals surface area contributed by atoms with Gasteiger partial charge in [-0.2, -0.15) is 0 Å². The lowest BCUT2D eigenvalue weighted by Crippen LogP contribution is -2.31. The molecule has 0 N–H and O–H groups in total. The Balaban J connectivity index is 6.08.